The van der Waals surface area contributed by atoms with Gasteiger partial charge in [-0.25, -0.2) is 0 Å². The van der Waals surface area contributed by atoms with Crippen molar-refractivity contribution in [2.45, 2.75) is 25.5 Å². The van der Waals surface area contributed by atoms with Gasteiger partial charge in [-0.2, -0.15) is 0 Å². The molecule has 2 amide bonds. The third-order valence-electron chi connectivity index (χ3n) is 2.33. The Balaban J connectivity index is 2.24. The van der Waals surface area contributed by atoms with Crippen LogP contribution in [0, 0.1) is 0 Å². The minimum atomic E-state index is -0.500. The summed E-state index contributed by atoms with van der Waals surface area (Å²) in [6, 6.07) is -0.500. The molecule has 2 rings (SSSR count). The van der Waals surface area contributed by atoms with Gasteiger partial charge in [0.15, 0.2) is 5.82 Å². The number of nitrogens with zero attached hydrogens (tertiary/aromatic N) is 3. The van der Waals surface area contributed by atoms with Crippen molar-refractivity contribution in [1.82, 2.24) is 20.1 Å². The van der Waals surface area contributed by atoms with Crippen molar-refractivity contribution in [2.24, 2.45) is 0 Å². The van der Waals surface area contributed by atoms with E-state index in [1.165, 1.54) is 10.9 Å². The number of aromatic nitrogens is 3. The van der Waals surface area contributed by atoms with Gasteiger partial charge >= 0.3 is 0 Å². The van der Waals surface area contributed by atoms with Gasteiger partial charge in [-0.3, -0.25) is 14.9 Å². The summed E-state index contributed by atoms with van der Waals surface area (Å²) < 4.78 is 1.49. The van der Waals surface area contributed by atoms with E-state index < -0.39 is 6.04 Å². The highest BCUT2D eigenvalue weighted by molar-refractivity contribution is 5.99. The topological polar surface area (TPSA) is 97.1 Å². The summed E-state index contributed by atoms with van der Waals surface area (Å²) in [5.74, 6) is -0.319. The third kappa shape index (κ3) is 1.73. The van der Waals surface area contributed by atoms with Crippen molar-refractivity contribution in [3.63, 3.8) is 0 Å². The monoisotopic (exact) mass is 210 g/mol. The largest absolute Gasteiger partial charge is 0.388 e. The van der Waals surface area contributed by atoms with Crippen LogP contribution in [0.5, 0.6) is 0 Å². The van der Waals surface area contributed by atoms with Crippen LogP contribution in [-0.2, 0) is 16.2 Å². The van der Waals surface area contributed by atoms with Crippen molar-refractivity contribution < 1.29 is 14.7 Å². The van der Waals surface area contributed by atoms with Gasteiger partial charge in [0.05, 0.1) is 0 Å². The highest BCUT2D eigenvalue weighted by Crippen LogP contribution is 2.19. The van der Waals surface area contributed by atoms with Crippen LogP contribution in [0.2, 0.25) is 0 Å². The van der Waals surface area contributed by atoms with Gasteiger partial charge in [-0.05, 0) is 6.42 Å². The average molecular weight is 210 g/mol. The number of carbonyl (C=O) groups is 2. The molecule has 1 atom stereocenters. The Kier molecular flexibility index (Phi) is 2.46. The molecule has 1 fully saturated rings. The Bertz CT molecular complexity index is 400. The quantitative estimate of drug-likeness (QED) is 0.594. The molecule has 80 valence electrons. The van der Waals surface area contributed by atoms with Crippen LogP contribution in [0.3, 0.4) is 0 Å². The zero-order chi connectivity index (χ0) is 10.8. The van der Waals surface area contributed by atoms with Crippen LogP contribution in [0.1, 0.15) is 24.7 Å². The molecule has 1 aromatic heterocycles. The lowest BCUT2D eigenvalue weighted by atomic mass is 10.1. The predicted molar refractivity (Wildman–Crippen MR) is 47.4 cm³/mol. The highest BCUT2D eigenvalue weighted by atomic mass is 16.3. The summed E-state index contributed by atoms with van der Waals surface area (Å²) in [4.78, 5) is 22.4. The first-order valence-electron chi connectivity index (χ1n) is 4.55. The van der Waals surface area contributed by atoms with Gasteiger partial charge in [0, 0.05) is 6.42 Å². The summed E-state index contributed by atoms with van der Waals surface area (Å²) in [6.45, 7) is -0.280. The highest BCUT2D eigenvalue weighted by Gasteiger charge is 2.29. The fourth-order valence-corrected chi connectivity index (χ4v) is 1.59. The molecular weight excluding hydrogens is 200 g/mol. The number of carbonyl (C=O) groups excluding carboxylic acids is 2. The zero-order valence-corrected chi connectivity index (χ0v) is 7.88. The van der Waals surface area contributed by atoms with Gasteiger partial charge in [0.25, 0.3) is 0 Å². The number of piperidine rings is 1. The average Bonchev–Trinajstić information content (AvgIpc) is 2.65. The second kappa shape index (κ2) is 3.77. The van der Waals surface area contributed by atoms with Crippen molar-refractivity contribution in [3.8, 4) is 0 Å². The maximum absolute atomic E-state index is 11.5. The van der Waals surface area contributed by atoms with E-state index in [4.69, 9.17) is 5.11 Å². The molecule has 2 heterocycles. The molecule has 1 aliphatic rings. The molecule has 1 aliphatic heterocycles. The standard InChI is InChI=1S/C8H10N4O3/c13-3-6-11-9-4-12(6)5-1-2-7(14)10-8(5)15/h4-5,13H,1-3H2,(H,10,14,15). The van der Waals surface area contributed by atoms with E-state index in [1.54, 1.807) is 0 Å². The van der Waals surface area contributed by atoms with E-state index in [-0.39, 0.29) is 18.4 Å². The lowest BCUT2D eigenvalue weighted by Gasteiger charge is -2.22. The molecule has 0 radical (unpaired) electrons. The van der Waals surface area contributed by atoms with E-state index in [9.17, 15) is 9.59 Å². The molecule has 2 N–H and O–H groups in total. The Hall–Kier alpha value is -1.76. The van der Waals surface area contributed by atoms with E-state index in [0.29, 0.717) is 18.7 Å². The number of nitrogens with one attached hydrogen (secondary N) is 1. The minimum Gasteiger partial charge on any atom is -0.388 e. The molecule has 0 saturated carbocycles. The van der Waals surface area contributed by atoms with Crippen molar-refractivity contribution >= 4 is 11.8 Å². The number of rotatable bonds is 2. The van der Waals surface area contributed by atoms with Gasteiger partial charge in [0.2, 0.25) is 11.8 Å². The predicted octanol–water partition coefficient (Wildman–Crippen LogP) is -1.25. The third-order valence-corrected chi connectivity index (χ3v) is 2.33. The molecule has 1 unspecified atom stereocenters. The summed E-state index contributed by atoms with van der Waals surface area (Å²) in [7, 11) is 0. The smallest absolute Gasteiger partial charge is 0.249 e. The lowest BCUT2D eigenvalue weighted by Crippen LogP contribution is -2.42. The van der Waals surface area contributed by atoms with Crippen molar-refractivity contribution in [2.75, 3.05) is 0 Å². The Morgan fingerprint density at radius 2 is 2.40 bits per heavy atom. The Labute approximate surface area is 85.1 Å². The van der Waals surface area contributed by atoms with Gasteiger partial charge < -0.3 is 9.67 Å². The minimum absolute atomic E-state index is 0.269. The second-order valence-electron chi connectivity index (χ2n) is 3.28. The normalized spacial score (nSPS) is 21.5. The van der Waals surface area contributed by atoms with Gasteiger partial charge in [-0.15, -0.1) is 10.2 Å². The Morgan fingerprint density at radius 3 is 3.07 bits per heavy atom. The van der Waals surface area contributed by atoms with Crippen LogP contribution in [-0.4, -0.2) is 31.7 Å². The molecule has 0 aliphatic carbocycles. The lowest BCUT2D eigenvalue weighted by molar-refractivity contribution is -0.135. The fourth-order valence-electron chi connectivity index (χ4n) is 1.59. The van der Waals surface area contributed by atoms with Gasteiger partial charge in [0.1, 0.15) is 19.0 Å². The van der Waals surface area contributed by atoms with E-state index in [0.717, 1.165) is 0 Å². The van der Waals surface area contributed by atoms with E-state index in [2.05, 4.69) is 15.5 Å². The van der Waals surface area contributed by atoms with Crippen LogP contribution < -0.4 is 5.32 Å². The molecule has 15 heavy (non-hydrogen) atoms. The summed E-state index contributed by atoms with van der Waals surface area (Å²) in [5.41, 5.74) is 0. The van der Waals surface area contributed by atoms with Gasteiger partial charge in [-0.1, -0.05) is 0 Å². The second-order valence-corrected chi connectivity index (χ2v) is 3.28. The first-order chi connectivity index (χ1) is 7.22. The molecule has 0 aromatic carbocycles. The molecule has 0 spiro atoms. The maximum Gasteiger partial charge on any atom is 0.249 e. The Morgan fingerprint density at radius 1 is 1.60 bits per heavy atom. The van der Waals surface area contributed by atoms with Crippen molar-refractivity contribution in [1.29, 1.82) is 0 Å². The maximum atomic E-state index is 11.5. The number of aliphatic hydroxyl groups is 1. The number of hydrogen-bond donors (Lipinski definition) is 2. The van der Waals surface area contributed by atoms with Crippen LogP contribution in [0.15, 0.2) is 6.33 Å². The molecule has 1 saturated heterocycles. The van der Waals surface area contributed by atoms with Crippen LogP contribution >= 0.6 is 0 Å². The molecular formula is C8H10N4O3. The molecule has 7 heteroatoms. The first kappa shape index (κ1) is 9.78. The molecule has 0 bridgehead atoms. The van der Waals surface area contributed by atoms with E-state index in [1.807, 2.05) is 0 Å². The fraction of sp³-hybridized carbons (Fsp3) is 0.500. The zero-order valence-electron chi connectivity index (χ0n) is 7.88. The summed E-state index contributed by atoms with van der Waals surface area (Å²) in [6.07, 6.45) is 2.08. The number of hydrogen-bond acceptors (Lipinski definition) is 5. The summed E-state index contributed by atoms with van der Waals surface area (Å²) >= 11 is 0. The van der Waals surface area contributed by atoms with Crippen molar-refractivity contribution in [3.05, 3.63) is 12.2 Å². The SMILES string of the molecule is O=C1CCC(n2cnnc2CO)C(=O)N1. The van der Waals surface area contributed by atoms with Crippen LogP contribution in [0.25, 0.3) is 0 Å². The first-order valence-corrected chi connectivity index (χ1v) is 4.55. The summed E-state index contributed by atoms with van der Waals surface area (Å²) in [5, 5.41) is 18.5. The van der Waals surface area contributed by atoms with E-state index >= 15 is 0 Å². The van der Waals surface area contributed by atoms with Crippen LogP contribution in [0.4, 0.5) is 0 Å². The number of imide groups is 1. The number of amides is 2. The molecule has 7 nitrogen and oxygen atoms in total. The number of aliphatic hydroxyl groups excluding tert-OH is 1. The molecule has 1 aromatic rings.